The average Bonchev–Trinajstić information content (AvgIpc) is 3.47. The molecule has 0 aromatic carbocycles. The fourth-order valence-electron chi connectivity index (χ4n) is 4.64. The van der Waals surface area contributed by atoms with E-state index in [1.54, 1.807) is 36.8 Å². The second kappa shape index (κ2) is 7.67. The van der Waals surface area contributed by atoms with Crippen LogP contribution < -0.4 is 4.90 Å². The number of fused-ring (bicyclic) bond motifs is 2. The number of anilines is 1. The van der Waals surface area contributed by atoms with Crippen molar-refractivity contribution in [3.05, 3.63) is 47.7 Å². The molecule has 4 aromatic rings. The Morgan fingerprint density at radius 2 is 1.97 bits per heavy atom. The third kappa shape index (κ3) is 3.27. The van der Waals surface area contributed by atoms with Gasteiger partial charge in [-0.3, -0.25) is 14.4 Å². The molecule has 0 radical (unpaired) electrons. The van der Waals surface area contributed by atoms with Gasteiger partial charge in [0, 0.05) is 36.1 Å². The third-order valence-electron chi connectivity index (χ3n) is 6.29. The standard InChI is InChI=1S/C22H23F3N8O/c1-5-30-14(4)15(10-27-30)17-6-7-26-20-16(11-28-32(17)20)21(34)31-13(3)9-18(22(23,24)25)33-19(31)8-12(2)29-33/h6-8,10-11,13,18H,5,9H2,1-4H3. The number of carbonyl (C=O) groups is 1. The Morgan fingerprint density at radius 3 is 2.65 bits per heavy atom. The van der Waals surface area contributed by atoms with E-state index < -0.39 is 24.2 Å². The largest absolute Gasteiger partial charge is 0.410 e. The van der Waals surface area contributed by atoms with E-state index in [1.807, 2.05) is 18.5 Å². The van der Waals surface area contributed by atoms with Crippen molar-refractivity contribution in [2.24, 2.45) is 0 Å². The van der Waals surface area contributed by atoms with Crippen LogP contribution in [0.4, 0.5) is 19.0 Å². The first-order chi connectivity index (χ1) is 16.1. The third-order valence-corrected chi connectivity index (χ3v) is 6.29. The summed E-state index contributed by atoms with van der Waals surface area (Å²) in [6, 6.07) is 0.792. The van der Waals surface area contributed by atoms with Crippen molar-refractivity contribution in [3.8, 4) is 11.3 Å². The molecule has 0 fully saturated rings. The number of aromatic nitrogens is 7. The molecule has 1 aliphatic rings. The smallest absolute Gasteiger partial charge is 0.290 e. The van der Waals surface area contributed by atoms with Crippen LogP contribution in [0.25, 0.3) is 16.9 Å². The predicted molar refractivity (Wildman–Crippen MR) is 118 cm³/mol. The Morgan fingerprint density at radius 1 is 1.21 bits per heavy atom. The van der Waals surface area contributed by atoms with Crippen molar-refractivity contribution in [1.29, 1.82) is 0 Å². The summed E-state index contributed by atoms with van der Waals surface area (Å²) in [5, 5.41) is 12.8. The number of nitrogens with zero attached hydrogens (tertiary/aromatic N) is 8. The number of amides is 1. The fraction of sp³-hybridized carbons (Fsp3) is 0.409. The minimum atomic E-state index is -4.47. The van der Waals surface area contributed by atoms with Gasteiger partial charge in [-0.15, -0.1) is 0 Å². The molecule has 2 unspecified atom stereocenters. The van der Waals surface area contributed by atoms with Gasteiger partial charge in [0.25, 0.3) is 5.91 Å². The monoisotopic (exact) mass is 472 g/mol. The molecule has 0 N–H and O–H groups in total. The SMILES string of the molecule is CCn1ncc(-c2ccnc3c(C(=O)N4c5cc(C)nn5C(C(F)(F)F)CC4C)cnn23)c1C. The lowest BCUT2D eigenvalue weighted by atomic mass is 10.0. The molecule has 178 valence electrons. The lowest BCUT2D eigenvalue weighted by Crippen LogP contribution is -2.48. The maximum Gasteiger partial charge on any atom is 0.410 e. The van der Waals surface area contributed by atoms with Gasteiger partial charge in [0.05, 0.1) is 23.8 Å². The molecular formula is C22H23F3N8O. The normalized spacial score (nSPS) is 18.5. The molecule has 9 nitrogen and oxygen atoms in total. The van der Waals surface area contributed by atoms with Crippen LogP contribution >= 0.6 is 0 Å². The molecule has 12 heteroatoms. The number of carbonyl (C=O) groups excluding carboxylic acids is 1. The van der Waals surface area contributed by atoms with Crippen LogP contribution in [0.1, 0.15) is 48.1 Å². The van der Waals surface area contributed by atoms with Crippen molar-refractivity contribution in [2.45, 2.75) is 58.9 Å². The van der Waals surface area contributed by atoms with Crippen LogP contribution in [-0.2, 0) is 6.54 Å². The van der Waals surface area contributed by atoms with Gasteiger partial charge in [-0.2, -0.15) is 28.5 Å². The highest BCUT2D eigenvalue weighted by molar-refractivity contribution is 6.10. The highest BCUT2D eigenvalue weighted by atomic mass is 19.4. The summed E-state index contributed by atoms with van der Waals surface area (Å²) in [5.74, 6) is -0.367. The van der Waals surface area contributed by atoms with Crippen molar-refractivity contribution < 1.29 is 18.0 Å². The van der Waals surface area contributed by atoms with Gasteiger partial charge < -0.3 is 0 Å². The Balaban J connectivity index is 1.60. The number of alkyl halides is 3. The molecule has 34 heavy (non-hydrogen) atoms. The van der Waals surface area contributed by atoms with E-state index >= 15 is 0 Å². The molecule has 0 bridgehead atoms. The average molecular weight is 472 g/mol. The van der Waals surface area contributed by atoms with Gasteiger partial charge in [0.1, 0.15) is 11.4 Å². The van der Waals surface area contributed by atoms with Crippen molar-refractivity contribution in [1.82, 2.24) is 34.2 Å². The maximum absolute atomic E-state index is 13.7. The minimum absolute atomic E-state index is 0.110. The van der Waals surface area contributed by atoms with Crippen molar-refractivity contribution >= 4 is 17.4 Å². The van der Waals surface area contributed by atoms with Crippen LogP contribution in [0, 0.1) is 13.8 Å². The van der Waals surface area contributed by atoms with Gasteiger partial charge >= 0.3 is 6.18 Å². The summed E-state index contributed by atoms with van der Waals surface area (Å²) in [7, 11) is 0. The van der Waals surface area contributed by atoms with E-state index in [0.717, 1.165) is 15.9 Å². The zero-order valence-corrected chi connectivity index (χ0v) is 19.1. The Hall–Kier alpha value is -3.70. The highest BCUT2D eigenvalue weighted by Crippen LogP contribution is 2.42. The van der Waals surface area contributed by atoms with Crippen molar-refractivity contribution in [2.75, 3.05) is 4.90 Å². The molecule has 0 spiro atoms. The number of hydrogen-bond acceptors (Lipinski definition) is 5. The Kier molecular flexibility index (Phi) is 4.99. The van der Waals surface area contributed by atoms with Gasteiger partial charge in [-0.25, -0.2) is 14.2 Å². The zero-order chi connectivity index (χ0) is 24.4. The summed E-state index contributed by atoms with van der Waals surface area (Å²) in [4.78, 5) is 19.4. The van der Waals surface area contributed by atoms with Crippen LogP contribution in [0.2, 0.25) is 0 Å². The maximum atomic E-state index is 13.7. The molecule has 1 aliphatic heterocycles. The quantitative estimate of drug-likeness (QED) is 0.451. The highest BCUT2D eigenvalue weighted by Gasteiger charge is 2.48. The molecule has 0 aliphatic carbocycles. The van der Waals surface area contributed by atoms with Gasteiger partial charge in [-0.05, 0) is 40.2 Å². The van der Waals surface area contributed by atoms with Crippen molar-refractivity contribution in [3.63, 3.8) is 0 Å². The first kappa shape index (κ1) is 22.1. The van der Waals surface area contributed by atoms with Crippen LogP contribution in [0.5, 0.6) is 0 Å². The fourth-order valence-corrected chi connectivity index (χ4v) is 4.64. The van der Waals surface area contributed by atoms with E-state index in [0.29, 0.717) is 23.6 Å². The zero-order valence-electron chi connectivity index (χ0n) is 19.1. The van der Waals surface area contributed by atoms with Crippen LogP contribution in [-0.4, -0.2) is 52.3 Å². The Bertz CT molecular complexity index is 1400. The molecule has 2 atom stereocenters. The summed E-state index contributed by atoms with van der Waals surface area (Å²) in [6.07, 6.45) is -0.0412. The van der Waals surface area contributed by atoms with Gasteiger partial charge in [-0.1, -0.05) is 0 Å². The number of halogens is 3. The summed E-state index contributed by atoms with van der Waals surface area (Å²) in [5.41, 5.74) is 3.43. The van der Waals surface area contributed by atoms with E-state index in [-0.39, 0.29) is 17.8 Å². The molecule has 0 saturated carbocycles. The summed E-state index contributed by atoms with van der Waals surface area (Å²) < 4.78 is 45.4. The lowest BCUT2D eigenvalue weighted by Gasteiger charge is -2.38. The van der Waals surface area contributed by atoms with E-state index in [4.69, 9.17) is 0 Å². The number of aryl methyl sites for hydroxylation is 2. The molecule has 0 saturated heterocycles. The molecule has 5 rings (SSSR count). The van der Waals surface area contributed by atoms with Gasteiger partial charge in [0.15, 0.2) is 11.7 Å². The number of rotatable bonds is 3. The second-order valence-corrected chi connectivity index (χ2v) is 8.49. The van der Waals surface area contributed by atoms with E-state index in [9.17, 15) is 18.0 Å². The molecule has 1 amide bonds. The van der Waals surface area contributed by atoms with Gasteiger partial charge in [0.2, 0.25) is 0 Å². The summed E-state index contributed by atoms with van der Waals surface area (Å²) in [6.45, 7) is 7.86. The first-order valence-electron chi connectivity index (χ1n) is 10.9. The first-order valence-corrected chi connectivity index (χ1v) is 10.9. The second-order valence-electron chi connectivity index (χ2n) is 8.49. The number of hydrogen-bond donors (Lipinski definition) is 0. The Labute approximate surface area is 192 Å². The molecule has 4 aromatic heterocycles. The van der Waals surface area contributed by atoms with E-state index in [1.165, 1.54) is 17.2 Å². The minimum Gasteiger partial charge on any atom is -0.290 e. The topological polar surface area (TPSA) is 86.1 Å². The summed E-state index contributed by atoms with van der Waals surface area (Å²) >= 11 is 0. The predicted octanol–water partition coefficient (Wildman–Crippen LogP) is 3.97. The van der Waals surface area contributed by atoms with Crippen LogP contribution in [0.15, 0.2) is 30.7 Å². The lowest BCUT2D eigenvalue weighted by molar-refractivity contribution is -0.174. The molecule has 5 heterocycles. The van der Waals surface area contributed by atoms with Crippen LogP contribution in [0.3, 0.4) is 0 Å². The van der Waals surface area contributed by atoms with E-state index in [2.05, 4.69) is 20.3 Å². The molecular weight excluding hydrogens is 449 g/mol.